The van der Waals surface area contributed by atoms with Gasteiger partial charge in [-0.25, -0.2) is 4.98 Å². The first-order valence-electron chi connectivity index (χ1n) is 7.61. The molecule has 2 aromatic heterocycles. The molecule has 0 unspecified atom stereocenters. The van der Waals surface area contributed by atoms with Gasteiger partial charge in [-0.1, -0.05) is 12.1 Å². The zero-order valence-electron chi connectivity index (χ0n) is 13.4. The number of methoxy groups -OCH3 is 2. The SMILES string of the molecule is COc1ccc(/C=c2\c(=O)[nH]c3nc4c(nn23)CCC=4)cc1OC. The number of nitrogens with zero attached hydrogens (tertiary/aromatic N) is 3. The van der Waals surface area contributed by atoms with Crippen LogP contribution in [0.3, 0.4) is 0 Å². The van der Waals surface area contributed by atoms with Crippen LogP contribution in [-0.4, -0.2) is 33.8 Å². The molecule has 1 aromatic carbocycles. The fourth-order valence-electron chi connectivity index (χ4n) is 2.87. The highest BCUT2D eigenvalue weighted by Crippen LogP contribution is 2.27. The van der Waals surface area contributed by atoms with Gasteiger partial charge in [0.25, 0.3) is 5.56 Å². The molecule has 0 saturated heterocycles. The molecule has 3 aromatic rings. The van der Waals surface area contributed by atoms with Crippen LogP contribution in [0.1, 0.15) is 17.7 Å². The number of rotatable bonds is 3. The van der Waals surface area contributed by atoms with Gasteiger partial charge in [0.1, 0.15) is 5.35 Å². The highest BCUT2D eigenvalue weighted by molar-refractivity contribution is 5.55. The number of hydrogen-bond acceptors (Lipinski definition) is 5. The summed E-state index contributed by atoms with van der Waals surface area (Å²) >= 11 is 0. The second kappa shape index (κ2) is 5.52. The smallest absolute Gasteiger partial charge is 0.276 e. The molecule has 24 heavy (non-hydrogen) atoms. The Balaban J connectivity index is 1.93. The summed E-state index contributed by atoms with van der Waals surface area (Å²) in [7, 11) is 3.16. The first kappa shape index (κ1) is 14.5. The molecule has 1 N–H and O–H groups in total. The summed E-state index contributed by atoms with van der Waals surface area (Å²) in [5, 5.41) is 5.84. The van der Waals surface area contributed by atoms with E-state index < -0.39 is 0 Å². The van der Waals surface area contributed by atoms with E-state index >= 15 is 0 Å². The quantitative estimate of drug-likeness (QED) is 0.733. The van der Waals surface area contributed by atoms with E-state index in [1.165, 1.54) is 0 Å². The third-order valence-electron chi connectivity index (χ3n) is 4.06. The normalized spacial score (nSPS) is 13.8. The summed E-state index contributed by atoms with van der Waals surface area (Å²) in [5.74, 6) is 1.69. The number of benzene rings is 1. The van der Waals surface area contributed by atoms with E-state index in [9.17, 15) is 4.79 Å². The van der Waals surface area contributed by atoms with Crippen LogP contribution in [0.15, 0.2) is 23.0 Å². The van der Waals surface area contributed by atoms with Crippen LogP contribution in [0.2, 0.25) is 0 Å². The molecule has 0 bridgehead atoms. The Kier molecular flexibility index (Phi) is 3.34. The Labute approximate surface area is 136 Å². The molecule has 0 atom stereocenters. The van der Waals surface area contributed by atoms with Crippen LogP contribution in [0.5, 0.6) is 11.5 Å². The van der Waals surface area contributed by atoms with Crippen molar-refractivity contribution in [1.29, 1.82) is 0 Å². The predicted octanol–water partition coefficient (Wildman–Crippen LogP) is -0.00970. The lowest BCUT2D eigenvalue weighted by atomic mass is 10.2. The lowest BCUT2D eigenvalue weighted by Crippen LogP contribution is -2.28. The van der Waals surface area contributed by atoms with Gasteiger partial charge in [0.15, 0.2) is 11.5 Å². The summed E-state index contributed by atoms with van der Waals surface area (Å²) in [4.78, 5) is 19.5. The molecule has 0 amide bonds. The van der Waals surface area contributed by atoms with Crippen LogP contribution in [-0.2, 0) is 6.42 Å². The van der Waals surface area contributed by atoms with Gasteiger partial charge in [0, 0.05) is 0 Å². The number of aryl methyl sites for hydroxylation is 1. The largest absolute Gasteiger partial charge is 0.493 e. The molecule has 0 saturated carbocycles. The van der Waals surface area contributed by atoms with Gasteiger partial charge in [-0.3, -0.25) is 9.78 Å². The predicted molar refractivity (Wildman–Crippen MR) is 88.8 cm³/mol. The van der Waals surface area contributed by atoms with Gasteiger partial charge in [0.2, 0.25) is 5.78 Å². The first-order chi connectivity index (χ1) is 11.7. The van der Waals surface area contributed by atoms with E-state index in [1.54, 1.807) is 30.9 Å². The summed E-state index contributed by atoms with van der Waals surface area (Å²) in [6, 6.07) is 5.47. The Morgan fingerprint density at radius 2 is 2.08 bits per heavy atom. The lowest BCUT2D eigenvalue weighted by molar-refractivity contribution is 0.355. The number of fused-ring (bicyclic) bond motifs is 2. The fraction of sp³-hybridized carbons (Fsp3) is 0.235. The highest BCUT2D eigenvalue weighted by Gasteiger charge is 2.11. The first-order valence-corrected chi connectivity index (χ1v) is 7.61. The molecule has 7 nitrogen and oxygen atoms in total. The van der Waals surface area contributed by atoms with Crippen LogP contribution in [0, 0.1) is 0 Å². The van der Waals surface area contributed by atoms with Crippen molar-refractivity contribution in [2.45, 2.75) is 12.8 Å². The van der Waals surface area contributed by atoms with Crippen molar-refractivity contribution in [3.05, 3.63) is 50.5 Å². The van der Waals surface area contributed by atoms with Crippen molar-refractivity contribution in [3.63, 3.8) is 0 Å². The van der Waals surface area contributed by atoms with Gasteiger partial charge in [-0.05, 0) is 36.6 Å². The van der Waals surface area contributed by atoms with Gasteiger partial charge < -0.3 is 9.47 Å². The van der Waals surface area contributed by atoms with E-state index in [-0.39, 0.29) is 5.56 Å². The number of hydrogen-bond donors (Lipinski definition) is 1. The maximum absolute atomic E-state index is 12.3. The second-order valence-corrected chi connectivity index (χ2v) is 5.52. The molecule has 1 aliphatic carbocycles. The Hall–Kier alpha value is -3.09. The molecule has 7 heteroatoms. The van der Waals surface area contributed by atoms with Crippen molar-refractivity contribution in [1.82, 2.24) is 19.6 Å². The van der Waals surface area contributed by atoms with E-state index in [1.807, 2.05) is 18.2 Å². The molecule has 122 valence electrons. The minimum absolute atomic E-state index is 0.228. The molecular weight excluding hydrogens is 308 g/mol. The molecule has 0 fully saturated rings. The fourth-order valence-corrected chi connectivity index (χ4v) is 2.87. The van der Waals surface area contributed by atoms with Crippen molar-refractivity contribution < 1.29 is 9.47 Å². The maximum Gasteiger partial charge on any atom is 0.276 e. The Morgan fingerprint density at radius 1 is 1.25 bits per heavy atom. The van der Waals surface area contributed by atoms with Gasteiger partial charge in [-0.15, -0.1) is 0 Å². The summed E-state index contributed by atoms with van der Waals surface area (Å²) in [6.07, 6.45) is 5.57. The second-order valence-electron chi connectivity index (χ2n) is 5.52. The van der Waals surface area contributed by atoms with Crippen molar-refractivity contribution >= 4 is 17.9 Å². The van der Waals surface area contributed by atoms with E-state index in [4.69, 9.17) is 9.47 Å². The van der Waals surface area contributed by atoms with Gasteiger partial charge >= 0.3 is 0 Å². The molecule has 4 rings (SSSR count). The van der Waals surface area contributed by atoms with Gasteiger partial charge in [0.05, 0.1) is 25.3 Å². The van der Waals surface area contributed by atoms with Crippen LogP contribution in [0.4, 0.5) is 0 Å². The number of aromatic nitrogens is 4. The average molecular weight is 324 g/mol. The minimum atomic E-state index is -0.228. The molecule has 0 spiro atoms. The number of nitrogens with one attached hydrogen (secondary N) is 1. The van der Waals surface area contributed by atoms with Crippen LogP contribution < -0.4 is 25.7 Å². The van der Waals surface area contributed by atoms with Crippen molar-refractivity contribution in [2.75, 3.05) is 14.2 Å². The monoisotopic (exact) mass is 324 g/mol. The lowest BCUT2D eigenvalue weighted by Gasteiger charge is -2.07. The molecule has 0 radical (unpaired) electrons. The average Bonchev–Trinajstić information content (AvgIpc) is 3.17. The molecule has 1 aliphatic rings. The molecule has 0 aliphatic heterocycles. The number of imidazole rings is 1. The summed E-state index contributed by atoms with van der Waals surface area (Å²) < 4.78 is 12.1. The zero-order valence-corrected chi connectivity index (χ0v) is 13.4. The van der Waals surface area contributed by atoms with Crippen LogP contribution >= 0.6 is 0 Å². The maximum atomic E-state index is 12.3. The Morgan fingerprint density at radius 3 is 2.88 bits per heavy atom. The number of ether oxygens (including phenoxy) is 2. The Bertz CT molecular complexity index is 1110. The van der Waals surface area contributed by atoms with Crippen molar-refractivity contribution in [2.24, 2.45) is 0 Å². The molecular formula is C17H16N4O3. The third kappa shape index (κ3) is 2.25. The van der Waals surface area contributed by atoms with E-state index in [0.29, 0.717) is 22.6 Å². The minimum Gasteiger partial charge on any atom is -0.493 e. The standard InChI is InChI=1S/C17H16N4O3/c1-23-14-7-6-10(9-15(14)24-2)8-13-16(22)19-17-18-11-4-3-5-12(11)20-21(13)17/h4,6-9H,3,5H2,1-2H3,(H,18,19,22)/b13-8+. The number of aromatic amines is 1. The van der Waals surface area contributed by atoms with Crippen molar-refractivity contribution in [3.8, 4) is 11.5 Å². The molecule has 2 heterocycles. The number of H-pyrrole nitrogens is 1. The third-order valence-corrected chi connectivity index (χ3v) is 4.06. The zero-order chi connectivity index (χ0) is 16.7. The van der Waals surface area contributed by atoms with Crippen LogP contribution in [0.25, 0.3) is 17.9 Å². The highest BCUT2D eigenvalue weighted by atomic mass is 16.5. The van der Waals surface area contributed by atoms with E-state index in [2.05, 4.69) is 15.1 Å². The topological polar surface area (TPSA) is 81.5 Å². The summed E-state index contributed by atoms with van der Waals surface area (Å²) in [6.45, 7) is 0. The van der Waals surface area contributed by atoms with E-state index in [0.717, 1.165) is 29.4 Å². The van der Waals surface area contributed by atoms with Gasteiger partial charge in [-0.2, -0.15) is 9.61 Å². The summed E-state index contributed by atoms with van der Waals surface area (Å²) in [5.41, 5.74) is 1.49.